The van der Waals surface area contributed by atoms with Crippen molar-refractivity contribution in [2.24, 2.45) is 17.2 Å². The van der Waals surface area contributed by atoms with E-state index in [1.165, 1.54) is 0 Å². The molecule has 0 amide bonds. The third-order valence-corrected chi connectivity index (χ3v) is 7.20. The Kier molecular flexibility index (Phi) is 9.14. The SMILES string of the molecule is N[C@H]1[C@@H](O[C@H]2[C@H](O)[C@@H](O)[C@H](N)C[C@@H]2N)O[C@H](CN(Cc2ccccc2)Cc2ccccc2O)[C@@H](O)[C@@H]1O. The van der Waals surface area contributed by atoms with E-state index < -0.39 is 61.0 Å². The van der Waals surface area contributed by atoms with E-state index in [-0.39, 0.29) is 18.7 Å². The molecule has 2 aromatic carbocycles. The van der Waals surface area contributed by atoms with Crippen molar-refractivity contribution < 1.29 is 35.0 Å². The monoisotopic (exact) mass is 518 g/mol. The zero-order valence-electron chi connectivity index (χ0n) is 20.5. The molecule has 1 saturated heterocycles. The Morgan fingerprint density at radius 1 is 0.811 bits per heavy atom. The molecule has 0 aromatic heterocycles. The van der Waals surface area contributed by atoms with Crippen LogP contribution in [0.4, 0.5) is 0 Å². The summed E-state index contributed by atoms with van der Waals surface area (Å²) in [5, 5.41) is 52.6. The number of para-hydroxylation sites is 1. The fourth-order valence-electron chi connectivity index (χ4n) is 5.02. The first-order valence-electron chi connectivity index (χ1n) is 12.5. The van der Waals surface area contributed by atoms with Gasteiger partial charge in [0.05, 0.1) is 12.1 Å². The Labute approximate surface area is 216 Å². The molecule has 11 nitrogen and oxygen atoms in total. The number of hydrogen-bond donors (Lipinski definition) is 8. The van der Waals surface area contributed by atoms with Gasteiger partial charge in [0.15, 0.2) is 6.29 Å². The van der Waals surface area contributed by atoms with E-state index in [0.717, 1.165) is 5.56 Å². The van der Waals surface area contributed by atoms with Gasteiger partial charge in [-0.05, 0) is 18.1 Å². The van der Waals surface area contributed by atoms with Gasteiger partial charge in [-0.15, -0.1) is 0 Å². The largest absolute Gasteiger partial charge is 0.508 e. The molecular weight excluding hydrogens is 480 g/mol. The zero-order chi connectivity index (χ0) is 26.7. The van der Waals surface area contributed by atoms with Gasteiger partial charge in [-0.3, -0.25) is 4.90 Å². The Hall–Kier alpha value is -2.16. The first kappa shape index (κ1) is 27.9. The molecule has 1 aliphatic carbocycles. The first-order valence-corrected chi connectivity index (χ1v) is 12.5. The van der Waals surface area contributed by atoms with E-state index in [0.29, 0.717) is 18.7 Å². The highest BCUT2D eigenvalue weighted by Crippen LogP contribution is 2.28. The molecular formula is C26H38N4O7. The molecule has 1 heterocycles. The molecule has 11 heteroatoms. The van der Waals surface area contributed by atoms with Crippen LogP contribution in [0, 0.1) is 0 Å². The van der Waals surface area contributed by atoms with Gasteiger partial charge in [0.25, 0.3) is 0 Å². The van der Waals surface area contributed by atoms with Crippen molar-refractivity contribution in [2.45, 2.75) is 80.5 Å². The summed E-state index contributed by atoms with van der Waals surface area (Å²) < 4.78 is 11.9. The Bertz CT molecular complexity index is 1000. The number of ether oxygens (including phenoxy) is 2. The minimum Gasteiger partial charge on any atom is -0.508 e. The van der Waals surface area contributed by atoms with Crippen molar-refractivity contribution in [3.8, 4) is 5.75 Å². The van der Waals surface area contributed by atoms with Crippen molar-refractivity contribution >= 4 is 0 Å². The van der Waals surface area contributed by atoms with Crippen molar-refractivity contribution in [3.05, 3.63) is 65.7 Å². The molecule has 1 saturated carbocycles. The van der Waals surface area contributed by atoms with Crippen molar-refractivity contribution in [1.29, 1.82) is 0 Å². The lowest BCUT2D eigenvalue weighted by Crippen LogP contribution is -2.67. The Morgan fingerprint density at radius 2 is 1.49 bits per heavy atom. The molecule has 4 rings (SSSR count). The van der Waals surface area contributed by atoms with Crippen molar-refractivity contribution in [3.63, 3.8) is 0 Å². The summed E-state index contributed by atoms with van der Waals surface area (Å²) in [5.41, 5.74) is 19.8. The summed E-state index contributed by atoms with van der Waals surface area (Å²) in [6.07, 6.45) is -8.25. The molecule has 0 spiro atoms. The smallest absolute Gasteiger partial charge is 0.176 e. The second-order valence-corrected chi connectivity index (χ2v) is 10.0. The molecule has 0 bridgehead atoms. The lowest BCUT2D eigenvalue weighted by atomic mass is 9.84. The maximum absolute atomic E-state index is 10.8. The molecule has 2 aromatic rings. The molecule has 37 heavy (non-hydrogen) atoms. The highest BCUT2D eigenvalue weighted by atomic mass is 16.7. The fraction of sp³-hybridized carbons (Fsp3) is 0.538. The number of aliphatic hydroxyl groups is 4. The van der Waals surface area contributed by atoms with Gasteiger partial charge < -0.3 is 52.2 Å². The number of hydrogen-bond acceptors (Lipinski definition) is 11. The molecule has 10 atom stereocenters. The van der Waals surface area contributed by atoms with Crippen LogP contribution in [0.1, 0.15) is 17.5 Å². The van der Waals surface area contributed by atoms with E-state index in [4.69, 9.17) is 26.7 Å². The topological polar surface area (TPSA) is 201 Å². The fourth-order valence-corrected chi connectivity index (χ4v) is 5.02. The molecule has 0 unspecified atom stereocenters. The normalized spacial score (nSPS) is 36.5. The molecule has 1 aliphatic heterocycles. The maximum atomic E-state index is 10.8. The van der Waals surface area contributed by atoms with Crippen LogP contribution < -0.4 is 17.2 Å². The maximum Gasteiger partial charge on any atom is 0.176 e. The molecule has 11 N–H and O–H groups in total. The number of aromatic hydroxyl groups is 1. The predicted molar refractivity (Wildman–Crippen MR) is 135 cm³/mol. The Balaban J connectivity index is 1.52. The lowest BCUT2D eigenvalue weighted by Gasteiger charge is -2.46. The molecule has 2 aliphatic rings. The lowest BCUT2D eigenvalue weighted by molar-refractivity contribution is -0.291. The van der Waals surface area contributed by atoms with E-state index in [2.05, 4.69) is 0 Å². The summed E-state index contributed by atoms with van der Waals surface area (Å²) in [7, 11) is 0. The third kappa shape index (κ3) is 6.47. The summed E-state index contributed by atoms with van der Waals surface area (Å²) in [4.78, 5) is 1.98. The van der Waals surface area contributed by atoms with Gasteiger partial charge in [0.1, 0.15) is 36.3 Å². The standard InChI is InChI=1S/C26H38N4O7/c27-16-10-17(28)25(24(35)21(16)32)37-26-20(29)23(34)22(33)19(36-26)13-30(11-14-6-2-1-3-7-14)12-15-8-4-5-9-18(15)31/h1-9,16-17,19-26,31-35H,10-13,27-29H2/t16-,17+,19-,20-,21+,22-,23-,24-,25-,26-/m1/s1. The summed E-state index contributed by atoms with van der Waals surface area (Å²) in [6.45, 7) is 0.991. The van der Waals surface area contributed by atoms with Gasteiger partial charge >= 0.3 is 0 Å². The molecule has 0 radical (unpaired) electrons. The molecule has 2 fully saturated rings. The van der Waals surface area contributed by atoms with Gasteiger partial charge in [-0.1, -0.05) is 48.5 Å². The van der Waals surface area contributed by atoms with Crippen LogP contribution in [0.25, 0.3) is 0 Å². The predicted octanol–water partition coefficient (Wildman–Crippen LogP) is -1.67. The quantitative estimate of drug-likeness (QED) is 0.199. The highest BCUT2D eigenvalue weighted by Gasteiger charge is 2.48. The number of phenols is 1. The van der Waals surface area contributed by atoms with Crippen LogP contribution >= 0.6 is 0 Å². The number of nitrogens with zero attached hydrogens (tertiary/aromatic N) is 1. The van der Waals surface area contributed by atoms with Gasteiger partial charge in [0, 0.05) is 37.3 Å². The van der Waals surface area contributed by atoms with Crippen molar-refractivity contribution in [2.75, 3.05) is 6.54 Å². The number of rotatable bonds is 8. The van der Waals surface area contributed by atoms with Gasteiger partial charge in [-0.2, -0.15) is 0 Å². The summed E-state index contributed by atoms with van der Waals surface area (Å²) in [6, 6.07) is 14.2. The zero-order valence-corrected chi connectivity index (χ0v) is 20.5. The van der Waals surface area contributed by atoms with Crippen molar-refractivity contribution in [1.82, 2.24) is 4.90 Å². The molecule has 204 valence electrons. The minimum absolute atomic E-state index is 0.144. The minimum atomic E-state index is -1.38. The second-order valence-electron chi connectivity index (χ2n) is 10.0. The van der Waals surface area contributed by atoms with Gasteiger partial charge in [0.2, 0.25) is 0 Å². The van der Waals surface area contributed by atoms with Gasteiger partial charge in [-0.25, -0.2) is 0 Å². The highest BCUT2D eigenvalue weighted by molar-refractivity contribution is 5.31. The van der Waals surface area contributed by atoms with Crippen LogP contribution in [0.15, 0.2) is 54.6 Å². The third-order valence-electron chi connectivity index (χ3n) is 7.20. The number of benzene rings is 2. The van der Waals surface area contributed by atoms with Crippen LogP contribution in [0.2, 0.25) is 0 Å². The number of nitrogens with two attached hydrogens (primary N) is 3. The van der Waals surface area contributed by atoms with E-state index in [9.17, 15) is 25.5 Å². The first-order chi connectivity index (χ1) is 17.7. The van der Waals surface area contributed by atoms with Crippen LogP contribution in [-0.4, -0.2) is 98.0 Å². The second kappa shape index (κ2) is 12.1. The average Bonchev–Trinajstić information content (AvgIpc) is 2.88. The van der Waals surface area contributed by atoms with E-state index in [1.807, 2.05) is 47.4 Å². The summed E-state index contributed by atoms with van der Waals surface area (Å²) >= 11 is 0. The number of aliphatic hydroxyl groups excluding tert-OH is 4. The number of phenolic OH excluding ortho intramolecular Hbond substituents is 1. The van der Waals surface area contributed by atoms with Crippen LogP contribution in [0.5, 0.6) is 5.75 Å². The summed E-state index contributed by atoms with van der Waals surface area (Å²) in [5.74, 6) is 0.144. The van der Waals surface area contributed by atoms with E-state index in [1.54, 1.807) is 12.1 Å². The van der Waals surface area contributed by atoms with E-state index >= 15 is 0 Å². The Morgan fingerprint density at radius 3 is 2.19 bits per heavy atom. The van der Waals surface area contributed by atoms with Crippen LogP contribution in [-0.2, 0) is 22.6 Å². The van der Waals surface area contributed by atoms with Crippen LogP contribution in [0.3, 0.4) is 0 Å². The average molecular weight is 519 g/mol.